The molecule has 2 rings (SSSR count). The molecule has 1 heterocycles. The molecule has 0 saturated heterocycles. The minimum Gasteiger partial charge on any atom is -0.309 e. The fraction of sp³-hybridized carbons (Fsp3) is 0.375. The summed E-state index contributed by atoms with van der Waals surface area (Å²) in [6.07, 6.45) is 0. The van der Waals surface area contributed by atoms with Crippen LogP contribution >= 0.6 is 34.5 Å². The maximum Gasteiger partial charge on any atom is 0.142 e. The average molecular weight is 346 g/mol. The first-order valence-electron chi connectivity index (χ1n) is 6.73. The Hall–Kier alpha value is -0.610. The number of hydrogen-bond donors (Lipinski definition) is 1. The minimum atomic E-state index is -0.442. The Morgan fingerprint density at radius 1 is 1.29 bits per heavy atom. The van der Waals surface area contributed by atoms with Gasteiger partial charge in [0.25, 0.3) is 0 Å². The zero-order valence-corrected chi connectivity index (χ0v) is 14.5. The van der Waals surface area contributed by atoms with Crippen molar-refractivity contribution in [3.05, 3.63) is 55.9 Å². The molecule has 0 fully saturated rings. The van der Waals surface area contributed by atoms with Crippen molar-refractivity contribution in [2.45, 2.75) is 32.2 Å². The lowest BCUT2D eigenvalue weighted by molar-refractivity contribution is 0.440. The normalized spacial score (nSPS) is 13.4. The number of hydrogen-bond acceptors (Lipinski definition) is 2. The molecule has 1 unspecified atom stereocenters. The second-order valence-corrected chi connectivity index (χ2v) is 7.45. The highest BCUT2D eigenvalue weighted by Gasteiger charge is 2.24. The molecule has 114 valence electrons. The van der Waals surface area contributed by atoms with E-state index in [1.54, 1.807) is 17.4 Å². The van der Waals surface area contributed by atoms with Gasteiger partial charge in [0.1, 0.15) is 5.82 Å². The molecule has 1 atom stereocenters. The van der Waals surface area contributed by atoms with Crippen LogP contribution in [0.3, 0.4) is 0 Å². The van der Waals surface area contributed by atoms with Gasteiger partial charge in [0.15, 0.2) is 0 Å². The Kier molecular flexibility index (Phi) is 5.31. The van der Waals surface area contributed by atoms with E-state index in [2.05, 4.69) is 30.6 Å². The van der Waals surface area contributed by atoms with Gasteiger partial charge in [0, 0.05) is 33.5 Å². The van der Waals surface area contributed by atoms with Crippen molar-refractivity contribution in [1.82, 2.24) is 5.32 Å². The Labute approximate surface area is 139 Å². The third-order valence-corrected chi connectivity index (χ3v) is 5.50. The predicted molar refractivity (Wildman–Crippen MR) is 90.2 cm³/mol. The number of halogens is 3. The molecule has 21 heavy (non-hydrogen) atoms. The number of nitrogens with one attached hydrogen (secondary N) is 1. The van der Waals surface area contributed by atoms with Gasteiger partial charge in [0.05, 0.1) is 5.02 Å². The first-order valence-corrected chi connectivity index (χ1v) is 8.37. The maximum atomic E-state index is 13.6. The first-order chi connectivity index (χ1) is 9.83. The van der Waals surface area contributed by atoms with Gasteiger partial charge in [0.2, 0.25) is 0 Å². The quantitative estimate of drug-likeness (QED) is 0.673. The maximum absolute atomic E-state index is 13.6. The van der Waals surface area contributed by atoms with Gasteiger partial charge in [-0.1, -0.05) is 43.1 Å². The van der Waals surface area contributed by atoms with Gasteiger partial charge >= 0.3 is 0 Å². The highest BCUT2D eigenvalue weighted by molar-refractivity contribution is 7.10. The summed E-state index contributed by atoms with van der Waals surface area (Å²) < 4.78 is 13.6. The van der Waals surface area contributed by atoms with Crippen molar-refractivity contribution in [2.75, 3.05) is 6.54 Å². The average Bonchev–Trinajstić information content (AvgIpc) is 2.96. The smallest absolute Gasteiger partial charge is 0.142 e. The van der Waals surface area contributed by atoms with E-state index in [1.165, 1.54) is 10.9 Å². The van der Waals surface area contributed by atoms with Crippen LogP contribution < -0.4 is 5.32 Å². The molecule has 1 nitrogen and oxygen atoms in total. The lowest BCUT2D eigenvalue weighted by Crippen LogP contribution is -2.34. The number of rotatable bonds is 5. The van der Waals surface area contributed by atoms with Crippen LogP contribution in [0.4, 0.5) is 4.39 Å². The Bertz CT molecular complexity index is 611. The summed E-state index contributed by atoms with van der Waals surface area (Å²) in [4.78, 5) is 1.30. The molecule has 1 aromatic carbocycles. The van der Waals surface area contributed by atoms with E-state index in [4.69, 9.17) is 23.2 Å². The summed E-state index contributed by atoms with van der Waals surface area (Å²) in [6.45, 7) is 7.04. The third kappa shape index (κ3) is 3.78. The predicted octanol–water partition coefficient (Wildman–Crippen LogP) is 5.82. The van der Waals surface area contributed by atoms with Crippen molar-refractivity contribution >= 4 is 34.5 Å². The molecule has 0 spiro atoms. The van der Waals surface area contributed by atoms with Gasteiger partial charge in [-0.25, -0.2) is 4.39 Å². The van der Waals surface area contributed by atoms with Crippen molar-refractivity contribution < 1.29 is 4.39 Å². The molecular weight excluding hydrogens is 328 g/mol. The van der Waals surface area contributed by atoms with Crippen LogP contribution in [0.5, 0.6) is 0 Å². The standard InChI is InChI=1S/C16H18Cl2FNS/c1-10(14-11(17)6-7-12(19)15(14)18)20-9-16(2,3)13-5-4-8-21-13/h4-8,10,20H,9H2,1-3H3. The molecule has 2 aromatic rings. The van der Waals surface area contributed by atoms with Crippen molar-refractivity contribution in [3.8, 4) is 0 Å². The number of benzene rings is 1. The monoisotopic (exact) mass is 345 g/mol. The zero-order valence-electron chi connectivity index (χ0n) is 12.2. The topological polar surface area (TPSA) is 12.0 Å². The van der Waals surface area contributed by atoms with E-state index in [-0.39, 0.29) is 16.5 Å². The number of thiophene rings is 1. The van der Waals surface area contributed by atoms with Crippen LogP contribution in [-0.2, 0) is 5.41 Å². The molecule has 0 saturated carbocycles. The van der Waals surface area contributed by atoms with Crippen LogP contribution in [0.2, 0.25) is 10.0 Å². The van der Waals surface area contributed by atoms with Crippen LogP contribution in [0.25, 0.3) is 0 Å². The van der Waals surface area contributed by atoms with Gasteiger partial charge in [-0.15, -0.1) is 11.3 Å². The molecule has 0 aliphatic heterocycles. The third-order valence-electron chi connectivity index (χ3n) is 3.55. The minimum absolute atomic E-state index is 0.00525. The molecular formula is C16H18Cl2FNS. The highest BCUT2D eigenvalue weighted by atomic mass is 35.5. The van der Waals surface area contributed by atoms with Gasteiger partial charge in [-0.3, -0.25) is 0 Å². The van der Waals surface area contributed by atoms with Gasteiger partial charge in [-0.2, -0.15) is 0 Å². The summed E-state index contributed by atoms with van der Waals surface area (Å²) in [5.41, 5.74) is 0.606. The first kappa shape index (κ1) is 16.8. The van der Waals surface area contributed by atoms with Crippen molar-refractivity contribution in [3.63, 3.8) is 0 Å². The van der Waals surface area contributed by atoms with Crippen LogP contribution in [-0.4, -0.2) is 6.54 Å². The van der Waals surface area contributed by atoms with Gasteiger partial charge < -0.3 is 5.32 Å². The van der Waals surface area contributed by atoms with E-state index < -0.39 is 5.82 Å². The molecule has 0 aliphatic carbocycles. The lowest BCUT2D eigenvalue weighted by atomic mass is 9.91. The van der Waals surface area contributed by atoms with E-state index in [1.807, 2.05) is 13.0 Å². The molecule has 0 aliphatic rings. The molecule has 1 N–H and O–H groups in total. The van der Waals surface area contributed by atoms with Crippen LogP contribution in [0.1, 0.15) is 37.3 Å². The SMILES string of the molecule is CC(NCC(C)(C)c1cccs1)c1c(Cl)ccc(F)c1Cl. The van der Waals surface area contributed by atoms with E-state index in [9.17, 15) is 4.39 Å². The van der Waals surface area contributed by atoms with E-state index >= 15 is 0 Å². The van der Waals surface area contributed by atoms with Crippen LogP contribution in [0, 0.1) is 5.82 Å². The molecule has 0 bridgehead atoms. The molecule has 5 heteroatoms. The van der Waals surface area contributed by atoms with Crippen LogP contribution in [0.15, 0.2) is 29.6 Å². The highest BCUT2D eigenvalue weighted by Crippen LogP contribution is 2.33. The van der Waals surface area contributed by atoms with Gasteiger partial charge in [-0.05, 0) is 30.5 Å². The second kappa shape index (κ2) is 6.66. The van der Waals surface area contributed by atoms with E-state index in [0.717, 1.165) is 6.54 Å². The Morgan fingerprint density at radius 2 is 2.00 bits per heavy atom. The fourth-order valence-electron chi connectivity index (χ4n) is 2.20. The molecule has 1 aromatic heterocycles. The zero-order chi connectivity index (χ0) is 15.6. The van der Waals surface area contributed by atoms with Crippen molar-refractivity contribution in [2.24, 2.45) is 0 Å². The summed E-state index contributed by atoms with van der Waals surface area (Å²) in [5.74, 6) is -0.442. The largest absolute Gasteiger partial charge is 0.309 e. The molecule has 0 amide bonds. The summed E-state index contributed by atoms with van der Waals surface area (Å²) in [7, 11) is 0. The van der Waals surface area contributed by atoms with E-state index in [0.29, 0.717) is 10.6 Å². The summed E-state index contributed by atoms with van der Waals surface area (Å²) in [6, 6.07) is 6.88. The molecule has 0 radical (unpaired) electrons. The summed E-state index contributed by atoms with van der Waals surface area (Å²) in [5, 5.41) is 6.05. The summed E-state index contributed by atoms with van der Waals surface area (Å²) >= 11 is 13.9. The fourth-order valence-corrected chi connectivity index (χ4v) is 3.75. The lowest BCUT2D eigenvalue weighted by Gasteiger charge is -2.27. The Balaban J connectivity index is 2.13. The van der Waals surface area contributed by atoms with Crippen molar-refractivity contribution in [1.29, 1.82) is 0 Å². The second-order valence-electron chi connectivity index (χ2n) is 5.72. The Morgan fingerprint density at radius 3 is 2.62 bits per heavy atom.